The van der Waals surface area contributed by atoms with Gasteiger partial charge >= 0.3 is 0 Å². The molecule has 0 spiro atoms. The number of rotatable bonds is 8. The second-order valence-corrected chi connectivity index (χ2v) is 8.88. The summed E-state index contributed by atoms with van der Waals surface area (Å²) in [4.78, 5) is 14.8. The van der Waals surface area contributed by atoms with Crippen molar-refractivity contribution in [3.63, 3.8) is 0 Å². The maximum Gasteiger partial charge on any atom is 0.227 e. The average Bonchev–Trinajstić information content (AvgIpc) is 3.61. The normalized spacial score (nSPS) is 18.6. The molecule has 2 aliphatic rings. The first-order valence-corrected chi connectivity index (χ1v) is 11.7. The van der Waals surface area contributed by atoms with Crippen LogP contribution in [0.1, 0.15) is 49.1 Å². The molecule has 1 aliphatic heterocycles. The van der Waals surface area contributed by atoms with Crippen molar-refractivity contribution in [2.24, 2.45) is 0 Å². The molecule has 1 saturated carbocycles. The summed E-state index contributed by atoms with van der Waals surface area (Å²) in [5, 5.41) is 3.39. The van der Waals surface area contributed by atoms with Crippen LogP contribution in [0, 0.1) is 0 Å². The average molecular weight is 447 g/mol. The number of nitrogens with one attached hydrogen (secondary N) is 1. The minimum atomic E-state index is 0.122. The topological polar surface area (TPSA) is 63.9 Å². The van der Waals surface area contributed by atoms with Crippen LogP contribution in [-0.2, 0) is 11.3 Å². The first-order chi connectivity index (χ1) is 16.2. The summed E-state index contributed by atoms with van der Waals surface area (Å²) in [5.41, 5.74) is 4.08. The van der Waals surface area contributed by atoms with Crippen LogP contribution in [0.3, 0.4) is 0 Å². The van der Waals surface area contributed by atoms with Crippen LogP contribution in [0.2, 0.25) is 0 Å². The van der Waals surface area contributed by atoms with Crippen LogP contribution >= 0.6 is 0 Å². The minimum Gasteiger partial charge on any atom is -0.493 e. The molecule has 2 aromatic carbocycles. The molecule has 172 valence electrons. The maximum atomic E-state index is 12.9. The number of amides is 1. The van der Waals surface area contributed by atoms with E-state index in [-0.39, 0.29) is 17.9 Å². The fourth-order valence-corrected chi connectivity index (χ4v) is 4.79. The number of methoxy groups -OCH3 is 1. The summed E-state index contributed by atoms with van der Waals surface area (Å²) in [6.45, 7) is 1.32. The van der Waals surface area contributed by atoms with E-state index < -0.39 is 0 Å². The highest BCUT2D eigenvalue weighted by molar-refractivity contribution is 5.97. The Bertz CT molecular complexity index is 1090. The minimum absolute atomic E-state index is 0.122. The van der Waals surface area contributed by atoms with Gasteiger partial charge in [0.05, 0.1) is 25.7 Å². The summed E-state index contributed by atoms with van der Waals surface area (Å²) in [6, 6.07) is 16.0. The van der Waals surface area contributed by atoms with Crippen molar-refractivity contribution in [1.82, 2.24) is 0 Å². The molecular weight excluding hydrogens is 416 g/mol. The van der Waals surface area contributed by atoms with E-state index in [1.165, 1.54) is 12.8 Å². The van der Waals surface area contributed by atoms with Gasteiger partial charge in [0.2, 0.25) is 5.91 Å². The van der Waals surface area contributed by atoms with E-state index in [1.54, 1.807) is 19.6 Å². The molecule has 1 aliphatic carbocycles. The highest BCUT2D eigenvalue weighted by Gasteiger charge is 2.32. The Morgan fingerprint density at radius 2 is 1.97 bits per heavy atom. The fraction of sp³-hybridized carbons (Fsp3) is 0.370. The van der Waals surface area contributed by atoms with Gasteiger partial charge in [0.1, 0.15) is 0 Å². The van der Waals surface area contributed by atoms with Crippen molar-refractivity contribution in [3.8, 4) is 11.5 Å². The van der Waals surface area contributed by atoms with Gasteiger partial charge in [0.15, 0.2) is 11.5 Å². The SMILES string of the molecule is COc1ccc([C@H]2CC(=O)N(c3cccc(NCc4ccoc4)c3)C2)cc1OC1CCCC1. The molecule has 2 heterocycles. The summed E-state index contributed by atoms with van der Waals surface area (Å²) >= 11 is 0. The number of nitrogens with zero attached hydrogens (tertiary/aromatic N) is 1. The number of carbonyl (C=O) groups excluding carboxylic acids is 1. The van der Waals surface area contributed by atoms with Crippen LogP contribution in [0.5, 0.6) is 11.5 Å². The zero-order chi connectivity index (χ0) is 22.6. The number of ether oxygens (including phenoxy) is 2. The number of hydrogen-bond donors (Lipinski definition) is 1. The molecule has 0 unspecified atom stereocenters. The molecule has 33 heavy (non-hydrogen) atoms. The highest BCUT2D eigenvalue weighted by atomic mass is 16.5. The first kappa shape index (κ1) is 21.4. The van der Waals surface area contributed by atoms with Gasteiger partial charge in [-0.3, -0.25) is 4.79 Å². The first-order valence-electron chi connectivity index (χ1n) is 11.7. The number of furan rings is 1. The third kappa shape index (κ3) is 4.85. The Hall–Kier alpha value is -3.41. The lowest BCUT2D eigenvalue weighted by Crippen LogP contribution is -2.24. The second kappa shape index (κ2) is 9.61. The molecule has 0 bridgehead atoms. The molecule has 1 atom stereocenters. The van der Waals surface area contributed by atoms with Crippen molar-refractivity contribution in [2.45, 2.75) is 50.7 Å². The molecule has 3 aromatic rings. The van der Waals surface area contributed by atoms with Crippen molar-refractivity contribution >= 4 is 17.3 Å². The number of hydrogen-bond acceptors (Lipinski definition) is 5. The lowest BCUT2D eigenvalue weighted by atomic mass is 9.98. The second-order valence-electron chi connectivity index (χ2n) is 8.88. The van der Waals surface area contributed by atoms with Gasteiger partial charge in [0, 0.05) is 42.4 Å². The number of anilines is 2. The predicted octanol–water partition coefficient (Wildman–Crippen LogP) is 5.74. The van der Waals surface area contributed by atoms with Crippen molar-refractivity contribution in [2.75, 3.05) is 23.9 Å². The van der Waals surface area contributed by atoms with Crippen molar-refractivity contribution < 1.29 is 18.7 Å². The lowest BCUT2D eigenvalue weighted by Gasteiger charge is -2.20. The third-order valence-corrected chi connectivity index (χ3v) is 6.61. The van der Waals surface area contributed by atoms with Crippen LogP contribution in [-0.4, -0.2) is 25.7 Å². The van der Waals surface area contributed by atoms with Gasteiger partial charge < -0.3 is 24.1 Å². The quantitative estimate of drug-likeness (QED) is 0.478. The Balaban J connectivity index is 1.30. The number of carbonyl (C=O) groups is 1. The highest BCUT2D eigenvalue weighted by Crippen LogP contribution is 2.38. The number of benzene rings is 2. The van der Waals surface area contributed by atoms with Crippen LogP contribution in [0.25, 0.3) is 0 Å². The predicted molar refractivity (Wildman–Crippen MR) is 128 cm³/mol. The zero-order valence-corrected chi connectivity index (χ0v) is 19.0. The van der Waals surface area contributed by atoms with E-state index in [9.17, 15) is 4.79 Å². The van der Waals surface area contributed by atoms with E-state index in [1.807, 2.05) is 41.3 Å². The maximum absolute atomic E-state index is 12.9. The van der Waals surface area contributed by atoms with Gasteiger partial charge in [-0.1, -0.05) is 12.1 Å². The smallest absolute Gasteiger partial charge is 0.227 e. The molecular formula is C27H30N2O4. The Kier molecular flexibility index (Phi) is 6.24. The van der Waals surface area contributed by atoms with Gasteiger partial charge in [-0.2, -0.15) is 0 Å². The lowest BCUT2D eigenvalue weighted by molar-refractivity contribution is -0.117. The van der Waals surface area contributed by atoms with E-state index in [2.05, 4.69) is 17.4 Å². The van der Waals surface area contributed by atoms with Gasteiger partial charge in [-0.15, -0.1) is 0 Å². The summed E-state index contributed by atoms with van der Waals surface area (Å²) < 4.78 is 16.9. The van der Waals surface area contributed by atoms with Gasteiger partial charge in [-0.25, -0.2) is 0 Å². The molecule has 1 aromatic heterocycles. The summed E-state index contributed by atoms with van der Waals surface area (Å²) in [5.74, 6) is 1.81. The van der Waals surface area contributed by atoms with E-state index in [4.69, 9.17) is 13.9 Å². The third-order valence-electron chi connectivity index (χ3n) is 6.61. The Labute approximate surface area is 194 Å². The van der Waals surface area contributed by atoms with Crippen LogP contribution in [0.4, 0.5) is 11.4 Å². The molecule has 1 saturated heterocycles. The van der Waals surface area contributed by atoms with Crippen LogP contribution < -0.4 is 19.7 Å². The molecule has 5 rings (SSSR count). The Morgan fingerprint density at radius 3 is 2.76 bits per heavy atom. The van der Waals surface area contributed by atoms with Crippen molar-refractivity contribution in [1.29, 1.82) is 0 Å². The fourth-order valence-electron chi connectivity index (χ4n) is 4.79. The Morgan fingerprint density at radius 1 is 1.09 bits per heavy atom. The monoisotopic (exact) mass is 446 g/mol. The molecule has 6 heteroatoms. The molecule has 0 radical (unpaired) electrons. The van der Waals surface area contributed by atoms with E-state index in [0.717, 1.165) is 46.8 Å². The summed E-state index contributed by atoms with van der Waals surface area (Å²) in [6.07, 6.45) is 8.76. The van der Waals surface area contributed by atoms with Gasteiger partial charge in [-0.05, 0) is 67.6 Å². The molecule has 1 amide bonds. The van der Waals surface area contributed by atoms with Crippen molar-refractivity contribution in [3.05, 3.63) is 72.2 Å². The molecule has 6 nitrogen and oxygen atoms in total. The van der Waals surface area contributed by atoms with Gasteiger partial charge in [0.25, 0.3) is 0 Å². The molecule has 1 N–H and O–H groups in total. The largest absolute Gasteiger partial charge is 0.493 e. The van der Waals surface area contributed by atoms with E-state index >= 15 is 0 Å². The van der Waals surface area contributed by atoms with E-state index in [0.29, 0.717) is 19.5 Å². The zero-order valence-electron chi connectivity index (χ0n) is 19.0. The molecule has 2 fully saturated rings. The standard InChI is InChI=1S/C27H30N2O4/c1-31-25-10-9-20(13-26(25)33-24-7-2-3-8-24)21-14-27(30)29(17-21)23-6-4-5-22(15-23)28-16-19-11-12-32-18-19/h4-6,9-13,15,18,21,24,28H,2-3,7-8,14,16-17H2,1H3/t21-/m0/s1. The van der Waals surface area contributed by atoms with Crippen LogP contribution in [0.15, 0.2) is 65.5 Å². The summed E-state index contributed by atoms with van der Waals surface area (Å²) in [7, 11) is 1.67.